The van der Waals surface area contributed by atoms with E-state index < -0.39 is 5.92 Å². The van der Waals surface area contributed by atoms with Crippen LogP contribution in [-0.4, -0.2) is 28.7 Å². The van der Waals surface area contributed by atoms with Gasteiger partial charge in [0.1, 0.15) is 0 Å². The van der Waals surface area contributed by atoms with Gasteiger partial charge in [-0.3, -0.25) is 4.79 Å². The van der Waals surface area contributed by atoms with Crippen molar-refractivity contribution in [1.29, 1.82) is 0 Å². The highest BCUT2D eigenvalue weighted by Crippen LogP contribution is 2.43. The number of likely N-dealkylation sites (tertiary alicyclic amines) is 1. The number of benzene rings is 1. The molecule has 2 atom stereocenters. The van der Waals surface area contributed by atoms with Crippen molar-refractivity contribution < 1.29 is 13.6 Å². The largest absolute Gasteiger partial charge is 0.331 e. The third kappa shape index (κ3) is 3.52. The first kappa shape index (κ1) is 16.7. The zero-order valence-corrected chi connectivity index (χ0v) is 13.8. The Labute approximate surface area is 140 Å². The molecule has 1 amide bonds. The van der Waals surface area contributed by atoms with Crippen molar-refractivity contribution in [1.82, 2.24) is 4.90 Å². The monoisotopic (exact) mass is 341 g/mol. The Kier molecular flexibility index (Phi) is 4.90. The van der Waals surface area contributed by atoms with Gasteiger partial charge in [-0.25, -0.2) is 8.78 Å². The summed E-state index contributed by atoms with van der Waals surface area (Å²) >= 11 is 6.18. The first-order valence-electron chi connectivity index (χ1n) is 8.32. The first-order chi connectivity index (χ1) is 11.0. The van der Waals surface area contributed by atoms with E-state index >= 15 is 0 Å². The highest BCUT2D eigenvalue weighted by Gasteiger charge is 2.44. The molecule has 1 saturated heterocycles. The number of hydrogen-bond acceptors (Lipinski definition) is 1. The van der Waals surface area contributed by atoms with Gasteiger partial charge in [0.25, 0.3) is 0 Å². The molecular weight excluding hydrogens is 320 g/mol. The fourth-order valence-corrected chi connectivity index (χ4v) is 4.37. The Morgan fingerprint density at radius 2 is 1.83 bits per heavy atom. The van der Waals surface area contributed by atoms with Gasteiger partial charge in [-0.2, -0.15) is 0 Å². The molecule has 1 aliphatic carbocycles. The maximum atomic E-state index is 13.4. The van der Waals surface area contributed by atoms with Gasteiger partial charge in [-0.15, -0.1) is 11.6 Å². The van der Waals surface area contributed by atoms with Crippen LogP contribution in [0.2, 0.25) is 0 Å². The van der Waals surface area contributed by atoms with Gasteiger partial charge in [-0.1, -0.05) is 30.3 Å². The number of amides is 1. The molecule has 3 rings (SSSR count). The van der Waals surface area contributed by atoms with Crippen molar-refractivity contribution in [3.05, 3.63) is 35.9 Å². The third-order valence-corrected chi connectivity index (χ3v) is 5.56. The van der Waals surface area contributed by atoms with Crippen molar-refractivity contribution in [3.8, 4) is 0 Å². The Balaban J connectivity index is 1.79. The van der Waals surface area contributed by atoms with Crippen LogP contribution in [0.5, 0.6) is 0 Å². The highest BCUT2D eigenvalue weighted by atomic mass is 35.5. The third-order valence-electron chi connectivity index (χ3n) is 5.27. The predicted octanol–water partition coefficient (Wildman–Crippen LogP) is 4.78. The van der Waals surface area contributed by atoms with E-state index in [-0.39, 0.29) is 36.8 Å². The summed E-state index contributed by atoms with van der Waals surface area (Å²) in [7, 11) is 0. The molecular formula is C18H22ClF2NO. The van der Waals surface area contributed by atoms with Crippen molar-refractivity contribution in [2.24, 2.45) is 5.92 Å². The summed E-state index contributed by atoms with van der Waals surface area (Å²) in [6.45, 7) is 0. The lowest BCUT2D eigenvalue weighted by Gasteiger charge is -2.39. The summed E-state index contributed by atoms with van der Waals surface area (Å²) in [5.74, 6) is -1.94. The minimum Gasteiger partial charge on any atom is -0.331 e. The van der Waals surface area contributed by atoms with E-state index in [2.05, 4.69) is 0 Å². The molecule has 0 aromatic heterocycles. The van der Waals surface area contributed by atoms with Crippen LogP contribution in [0.25, 0.3) is 0 Å². The molecule has 2 nitrogen and oxygen atoms in total. The number of rotatable bonds is 4. The van der Waals surface area contributed by atoms with E-state index in [4.69, 9.17) is 11.6 Å². The molecule has 0 N–H and O–H groups in total. The van der Waals surface area contributed by atoms with E-state index in [0.717, 1.165) is 12.0 Å². The summed E-state index contributed by atoms with van der Waals surface area (Å²) in [5.41, 5.74) is 1.02. The number of carbonyl (C=O) groups is 1. The Bertz CT molecular complexity index is 541. The van der Waals surface area contributed by atoms with E-state index in [1.54, 1.807) is 0 Å². The van der Waals surface area contributed by atoms with Crippen LogP contribution in [0.4, 0.5) is 8.78 Å². The van der Waals surface area contributed by atoms with Gasteiger partial charge in [0.2, 0.25) is 11.8 Å². The van der Waals surface area contributed by atoms with Gasteiger partial charge >= 0.3 is 0 Å². The van der Waals surface area contributed by atoms with Crippen molar-refractivity contribution in [2.45, 2.75) is 56.5 Å². The highest BCUT2D eigenvalue weighted by molar-refractivity contribution is 6.18. The molecule has 0 radical (unpaired) electrons. The SMILES string of the molecule is O=C1CCC(C2CCC(F)(F)CC2)N1[C@@H](CCl)c1ccccc1. The van der Waals surface area contributed by atoms with Crippen LogP contribution in [0.15, 0.2) is 30.3 Å². The lowest BCUT2D eigenvalue weighted by atomic mass is 9.81. The minimum atomic E-state index is -2.53. The number of nitrogens with zero attached hydrogens (tertiary/aromatic N) is 1. The summed E-state index contributed by atoms with van der Waals surface area (Å²) in [4.78, 5) is 14.3. The molecule has 1 aliphatic heterocycles. The average Bonchev–Trinajstić information content (AvgIpc) is 2.91. The smallest absolute Gasteiger partial charge is 0.248 e. The van der Waals surface area contributed by atoms with Crippen LogP contribution in [0.1, 0.15) is 50.1 Å². The topological polar surface area (TPSA) is 20.3 Å². The summed E-state index contributed by atoms with van der Waals surface area (Å²) in [6.07, 6.45) is 2.11. The van der Waals surface area contributed by atoms with Crippen molar-refractivity contribution in [3.63, 3.8) is 0 Å². The molecule has 2 aliphatic rings. The van der Waals surface area contributed by atoms with E-state index in [1.807, 2.05) is 35.2 Å². The van der Waals surface area contributed by atoms with Crippen LogP contribution in [0, 0.1) is 5.92 Å². The maximum Gasteiger partial charge on any atom is 0.248 e. The zero-order chi connectivity index (χ0) is 16.4. The first-order valence-corrected chi connectivity index (χ1v) is 8.85. The molecule has 5 heteroatoms. The van der Waals surface area contributed by atoms with Gasteiger partial charge < -0.3 is 4.90 Å². The Hall–Kier alpha value is -1.16. The number of hydrogen-bond donors (Lipinski definition) is 0. The zero-order valence-electron chi connectivity index (χ0n) is 13.1. The van der Waals surface area contributed by atoms with Crippen LogP contribution in [-0.2, 0) is 4.79 Å². The molecule has 1 aromatic rings. The second-order valence-electron chi connectivity index (χ2n) is 6.68. The summed E-state index contributed by atoms with van der Waals surface area (Å²) in [5, 5.41) is 0. The van der Waals surface area contributed by atoms with Crippen LogP contribution in [0.3, 0.4) is 0 Å². The molecule has 126 valence electrons. The quantitative estimate of drug-likeness (QED) is 0.721. The fourth-order valence-electron chi connectivity index (χ4n) is 4.04. The molecule has 0 bridgehead atoms. The predicted molar refractivity (Wildman–Crippen MR) is 86.7 cm³/mol. The van der Waals surface area contributed by atoms with Gasteiger partial charge in [0.05, 0.1) is 6.04 Å². The molecule has 1 unspecified atom stereocenters. The Morgan fingerprint density at radius 1 is 1.17 bits per heavy atom. The number of carbonyl (C=O) groups excluding carboxylic acids is 1. The minimum absolute atomic E-state index is 0.0440. The second-order valence-corrected chi connectivity index (χ2v) is 6.99. The summed E-state index contributed by atoms with van der Waals surface area (Å²) in [6, 6.07) is 9.64. The van der Waals surface area contributed by atoms with Gasteiger partial charge in [0, 0.05) is 31.2 Å². The lowest BCUT2D eigenvalue weighted by molar-refractivity contribution is -0.132. The molecule has 2 fully saturated rings. The molecule has 1 heterocycles. The van der Waals surface area contributed by atoms with Gasteiger partial charge in [0.15, 0.2) is 0 Å². The van der Waals surface area contributed by atoms with Crippen molar-refractivity contribution >= 4 is 17.5 Å². The molecule has 0 spiro atoms. The number of alkyl halides is 3. The fraction of sp³-hybridized carbons (Fsp3) is 0.611. The molecule has 1 aromatic carbocycles. The van der Waals surface area contributed by atoms with Crippen LogP contribution >= 0.6 is 11.6 Å². The van der Waals surface area contributed by atoms with Gasteiger partial charge in [-0.05, 0) is 30.7 Å². The standard InChI is InChI=1S/C18H22ClF2NO/c19-12-16(13-4-2-1-3-5-13)22-15(6-7-17(22)23)14-8-10-18(20,21)11-9-14/h1-5,14-16H,6-12H2/t15?,16-/m0/s1. The second kappa shape index (κ2) is 6.76. The van der Waals surface area contributed by atoms with Crippen LogP contribution < -0.4 is 0 Å². The van der Waals surface area contributed by atoms with E-state index in [9.17, 15) is 13.6 Å². The molecule has 1 saturated carbocycles. The van der Waals surface area contributed by atoms with Crippen molar-refractivity contribution in [2.75, 3.05) is 5.88 Å². The maximum absolute atomic E-state index is 13.4. The lowest BCUT2D eigenvalue weighted by Crippen LogP contribution is -2.43. The molecule has 23 heavy (non-hydrogen) atoms. The van der Waals surface area contributed by atoms with E-state index in [1.165, 1.54) is 0 Å². The van der Waals surface area contributed by atoms with E-state index in [0.29, 0.717) is 25.1 Å². The Morgan fingerprint density at radius 3 is 2.43 bits per heavy atom. The average molecular weight is 342 g/mol. The number of halogens is 3. The normalized spacial score (nSPS) is 26.5. The summed E-state index contributed by atoms with van der Waals surface area (Å²) < 4.78 is 26.9.